The average Bonchev–Trinajstić information content (AvgIpc) is 2.50. The number of rotatable bonds is 2. The first-order chi connectivity index (χ1) is 10.9. The number of benzene rings is 2. The molecule has 0 aliphatic rings. The highest BCUT2D eigenvalue weighted by Crippen LogP contribution is 2.41. The quantitative estimate of drug-likeness (QED) is 0.539. The topological polar surface area (TPSA) is 100 Å². The second-order valence-corrected chi connectivity index (χ2v) is 5.31. The molecule has 23 heavy (non-hydrogen) atoms. The van der Waals surface area contributed by atoms with Crippen LogP contribution in [0.3, 0.4) is 0 Å². The van der Waals surface area contributed by atoms with Gasteiger partial charge in [0.05, 0.1) is 12.7 Å². The molecule has 1 heterocycles. The minimum Gasteiger partial charge on any atom is -0.507 e. The third-order valence-electron chi connectivity index (χ3n) is 3.46. The van der Waals surface area contributed by atoms with Crippen molar-refractivity contribution in [1.82, 2.24) is 0 Å². The highest BCUT2D eigenvalue weighted by molar-refractivity contribution is 7.80. The Balaban J connectivity index is 2.34. The van der Waals surface area contributed by atoms with Gasteiger partial charge in [-0.1, -0.05) is 6.07 Å². The largest absolute Gasteiger partial charge is 0.507 e. The summed E-state index contributed by atoms with van der Waals surface area (Å²) in [7, 11) is 1.26. The molecule has 0 aliphatic heterocycles. The van der Waals surface area contributed by atoms with E-state index in [1.165, 1.54) is 37.6 Å². The molecule has 1 aromatic heterocycles. The van der Waals surface area contributed by atoms with Crippen LogP contribution < -0.4 is 10.2 Å². The predicted octanol–water partition coefficient (Wildman–Crippen LogP) is 2.87. The van der Waals surface area contributed by atoms with E-state index in [4.69, 9.17) is 9.15 Å². The first kappa shape index (κ1) is 15.1. The molecule has 6 nitrogen and oxygen atoms in total. The van der Waals surface area contributed by atoms with Crippen molar-refractivity contribution < 1.29 is 24.5 Å². The molecular formula is C16H12O6S. The Hall–Kier alpha value is -2.80. The lowest BCUT2D eigenvalue weighted by Crippen LogP contribution is -2.05. The number of thiol groups is 1. The van der Waals surface area contributed by atoms with E-state index in [1.54, 1.807) is 0 Å². The fraction of sp³-hybridized carbons (Fsp3) is 0.0625. The van der Waals surface area contributed by atoms with Crippen LogP contribution in [0.15, 0.2) is 44.6 Å². The van der Waals surface area contributed by atoms with Crippen molar-refractivity contribution in [3.8, 4) is 34.1 Å². The van der Waals surface area contributed by atoms with Gasteiger partial charge in [0.2, 0.25) is 11.2 Å². The molecule has 0 amide bonds. The smallest absolute Gasteiger partial charge is 0.204 e. The van der Waals surface area contributed by atoms with Gasteiger partial charge < -0.3 is 24.5 Å². The van der Waals surface area contributed by atoms with Gasteiger partial charge in [0.1, 0.15) is 23.0 Å². The van der Waals surface area contributed by atoms with Crippen molar-refractivity contribution in [2.45, 2.75) is 4.90 Å². The minimum absolute atomic E-state index is 0.0169. The number of hydrogen-bond acceptors (Lipinski definition) is 7. The second-order valence-electron chi connectivity index (χ2n) is 4.83. The Morgan fingerprint density at radius 1 is 1.13 bits per heavy atom. The lowest BCUT2D eigenvalue weighted by molar-refractivity contribution is 0.346. The van der Waals surface area contributed by atoms with Crippen LogP contribution in [0, 0.1) is 0 Å². The zero-order valence-corrected chi connectivity index (χ0v) is 12.8. The number of phenols is 3. The van der Waals surface area contributed by atoms with Crippen molar-refractivity contribution in [3.05, 3.63) is 40.8 Å². The van der Waals surface area contributed by atoms with E-state index in [0.717, 1.165) is 0 Å². The molecule has 0 unspecified atom stereocenters. The van der Waals surface area contributed by atoms with E-state index in [2.05, 4.69) is 12.6 Å². The zero-order valence-electron chi connectivity index (χ0n) is 11.9. The van der Waals surface area contributed by atoms with Crippen molar-refractivity contribution in [3.63, 3.8) is 0 Å². The van der Waals surface area contributed by atoms with Crippen LogP contribution >= 0.6 is 12.6 Å². The van der Waals surface area contributed by atoms with Crippen LogP contribution in [0.2, 0.25) is 0 Å². The Bertz CT molecular complexity index is 976. The third-order valence-corrected chi connectivity index (χ3v) is 3.82. The van der Waals surface area contributed by atoms with E-state index in [9.17, 15) is 20.1 Å². The Morgan fingerprint density at radius 2 is 1.87 bits per heavy atom. The number of ether oxygens (including phenoxy) is 1. The Labute approximate surface area is 135 Å². The van der Waals surface area contributed by atoms with Crippen LogP contribution in [0.4, 0.5) is 0 Å². The number of hydrogen-bond donors (Lipinski definition) is 4. The highest BCUT2D eigenvalue weighted by atomic mass is 32.1. The number of fused-ring (bicyclic) bond motifs is 1. The fourth-order valence-corrected chi connectivity index (χ4v) is 2.54. The predicted molar refractivity (Wildman–Crippen MR) is 86.7 cm³/mol. The first-order valence-corrected chi connectivity index (χ1v) is 6.95. The van der Waals surface area contributed by atoms with Crippen LogP contribution in [0.25, 0.3) is 22.1 Å². The number of phenolic OH excluding ortho intramolecular Hbond substituents is 3. The molecule has 0 bridgehead atoms. The molecule has 0 saturated carbocycles. The van der Waals surface area contributed by atoms with Gasteiger partial charge in [-0.3, -0.25) is 4.79 Å². The van der Waals surface area contributed by atoms with E-state index < -0.39 is 11.2 Å². The van der Waals surface area contributed by atoms with E-state index >= 15 is 0 Å². The molecule has 0 radical (unpaired) electrons. The van der Waals surface area contributed by atoms with Crippen molar-refractivity contribution >= 4 is 23.6 Å². The standard InChI is InChI=1S/C16H12O6S/c1-21-16-10(18)5-11-13(15(16)20)14(19)8(6-22-11)7-2-3-9(17)12(23)4-7/h2-6,17-18,20,23H,1H3. The van der Waals surface area contributed by atoms with Gasteiger partial charge in [0, 0.05) is 11.0 Å². The summed E-state index contributed by atoms with van der Waals surface area (Å²) in [6.07, 6.45) is 1.22. The molecule has 2 aromatic carbocycles. The van der Waals surface area contributed by atoms with Gasteiger partial charge in [0.15, 0.2) is 11.5 Å². The summed E-state index contributed by atoms with van der Waals surface area (Å²) in [5.74, 6) is -1.06. The molecule has 7 heteroatoms. The summed E-state index contributed by atoms with van der Waals surface area (Å²) in [6, 6.07) is 5.63. The number of aromatic hydroxyl groups is 3. The number of methoxy groups -OCH3 is 1. The summed E-state index contributed by atoms with van der Waals surface area (Å²) in [5, 5.41) is 29.3. The lowest BCUT2D eigenvalue weighted by Gasteiger charge is -2.09. The summed E-state index contributed by atoms with van der Waals surface area (Å²) in [4.78, 5) is 13.0. The monoisotopic (exact) mass is 332 g/mol. The minimum atomic E-state index is -0.500. The molecular weight excluding hydrogens is 320 g/mol. The van der Waals surface area contributed by atoms with Gasteiger partial charge in [-0.25, -0.2) is 0 Å². The Kier molecular flexibility index (Phi) is 3.57. The first-order valence-electron chi connectivity index (χ1n) is 6.50. The maximum Gasteiger partial charge on any atom is 0.204 e. The third kappa shape index (κ3) is 2.35. The maximum absolute atomic E-state index is 12.7. The molecule has 0 atom stereocenters. The van der Waals surface area contributed by atoms with Gasteiger partial charge in [-0.2, -0.15) is 0 Å². The van der Waals surface area contributed by atoms with Gasteiger partial charge >= 0.3 is 0 Å². The lowest BCUT2D eigenvalue weighted by atomic mass is 10.0. The summed E-state index contributed by atoms with van der Waals surface area (Å²) in [5.41, 5.74) is 0.172. The maximum atomic E-state index is 12.7. The molecule has 118 valence electrons. The van der Waals surface area contributed by atoms with Crippen molar-refractivity contribution in [1.29, 1.82) is 0 Å². The average molecular weight is 332 g/mol. The molecule has 3 aromatic rings. The second kappa shape index (κ2) is 5.44. The molecule has 0 fully saturated rings. The molecule has 0 aliphatic carbocycles. The van der Waals surface area contributed by atoms with Crippen LogP contribution in [0.1, 0.15) is 0 Å². The van der Waals surface area contributed by atoms with Crippen LogP contribution in [0.5, 0.6) is 23.0 Å². The fourth-order valence-electron chi connectivity index (χ4n) is 2.33. The molecule has 3 rings (SSSR count). The molecule has 0 spiro atoms. The zero-order chi connectivity index (χ0) is 16.7. The summed E-state index contributed by atoms with van der Waals surface area (Å²) in [6.45, 7) is 0. The van der Waals surface area contributed by atoms with Gasteiger partial charge in [-0.05, 0) is 17.7 Å². The SMILES string of the molecule is COc1c(O)cc2occ(-c3ccc(O)c(S)c3)c(=O)c2c1O. The molecule has 0 saturated heterocycles. The van der Waals surface area contributed by atoms with E-state index in [1.807, 2.05) is 0 Å². The summed E-state index contributed by atoms with van der Waals surface area (Å²) >= 11 is 4.11. The summed E-state index contributed by atoms with van der Waals surface area (Å²) < 4.78 is 10.2. The van der Waals surface area contributed by atoms with Crippen molar-refractivity contribution in [2.75, 3.05) is 7.11 Å². The van der Waals surface area contributed by atoms with Gasteiger partial charge in [-0.15, -0.1) is 12.6 Å². The van der Waals surface area contributed by atoms with E-state index in [-0.39, 0.29) is 33.8 Å². The van der Waals surface area contributed by atoms with Crippen LogP contribution in [-0.2, 0) is 0 Å². The van der Waals surface area contributed by atoms with E-state index in [0.29, 0.717) is 10.5 Å². The van der Waals surface area contributed by atoms with Gasteiger partial charge in [0.25, 0.3) is 0 Å². The molecule has 3 N–H and O–H groups in total. The normalized spacial score (nSPS) is 10.9. The Morgan fingerprint density at radius 3 is 2.52 bits per heavy atom. The van der Waals surface area contributed by atoms with Crippen molar-refractivity contribution in [2.24, 2.45) is 0 Å². The van der Waals surface area contributed by atoms with Crippen LogP contribution in [-0.4, -0.2) is 22.4 Å². The highest BCUT2D eigenvalue weighted by Gasteiger charge is 2.19.